The fraction of sp³-hybridized carbons (Fsp3) is 0.800. The van der Waals surface area contributed by atoms with Crippen LogP contribution < -0.4 is 0 Å². The van der Waals surface area contributed by atoms with E-state index in [9.17, 15) is 8.42 Å². The van der Waals surface area contributed by atoms with Crippen LogP contribution in [0.3, 0.4) is 0 Å². The molecular formula is C15H26N4O2S. The second kappa shape index (κ2) is 6.68. The van der Waals surface area contributed by atoms with Gasteiger partial charge in [-0.3, -0.25) is 0 Å². The summed E-state index contributed by atoms with van der Waals surface area (Å²) in [5.74, 6) is 1.39. The van der Waals surface area contributed by atoms with Crippen molar-refractivity contribution >= 4 is 10.0 Å². The Labute approximate surface area is 133 Å². The smallest absolute Gasteiger partial charge is 0.214 e. The lowest BCUT2D eigenvalue weighted by Crippen LogP contribution is -2.48. The van der Waals surface area contributed by atoms with Gasteiger partial charge in [0.15, 0.2) is 0 Å². The molecule has 2 aliphatic rings. The number of hydrogen-bond donors (Lipinski definition) is 0. The number of aromatic nitrogens is 2. The monoisotopic (exact) mass is 326 g/mol. The van der Waals surface area contributed by atoms with Gasteiger partial charge in [-0.1, -0.05) is 0 Å². The van der Waals surface area contributed by atoms with E-state index in [1.165, 1.54) is 0 Å². The normalized spacial score (nSPS) is 26.5. The molecule has 1 aromatic heterocycles. The molecule has 124 valence electrons. The molecule has 3 heterocycles. The molecule has 0 aromatic carbocycles. The zero-order valence-corrected chi connectivity index (χ0v) is 14.1. The summed E-state index contributed by atoms with van der Waals surface area (Å²) in [4.78, 5) is 6.66. The van der Waals surface area contributed by atoms with Crippen LogP contribution in [0.1, 0.15) is 31.5 Å². The summed E-state index contributed by atoms with van der Waals surface area (Å²) in [5, 5.41) is 0. The Morgan fingerprint density at radius 1 is 1.27 bits per heavy atom. The SMILES string of the molecule is Cc1nccn1CCCN1CCCC(N2CCCS2(=O)=O)C1. The van der Waals surface area contributed by atoms with Crippen LogP contribution in [0.25, 0.3) is 0 Å². The molecule has 0 amide bonds. The fourth-order valence-corrected chi connectivity index (χ4v) is 5.40. The van der Waals surface area contributed by atoms with Gasteiger partial charge in [0.25, 0.3) is 0 Å². The van der Waals surface area contributed by atoms with Gasteiger partial charge in [-0.15, -0.1) is 0 Å². The molecule has 2 fully saturated rings. The Hall–Kier alpha value is -0.920. The first-order valence-electron chi connectivity index (χ1n) is 8.26. The number of aryl methyl sites for hydroxylation is 2. The molecule has 0 aliphatic carbocycles. The molecule has 0 saturated carbocycles. The second-order valence-corrected chi connectivity index (χ2v) is 8.44. The molecule has 7 heteroatoms. The summed E-state index contributed by atoms with van der Waals surface area (Å²) >= 11 is 0. The van der Waals surface area contributed by atoms with E-state index >= 15 is 0 Å². The Morgan fingerprint density at radius 2 is 2.14 bits per heavy atom. The van der Waals surface area contributed by atoms with Crippen LogP contribution in [0, 0.1) is 6.92 Å². The third-order valence-electron chi connectivity index (χ3n) is 4.82. The molecule has 2 aliphatic heterocycles. The first kappa shape index (κ1) is 16.0. The molecule has 2 saturated heterocycles. The summed E-state index contributed by atoms with van der Waals surface area (Å²) in [6.45, 7) is 6.73. The predicted molar refractivity (Wildman–Crippen MR) is 86.2 cm³/mol. The Kier molecular flexibility index (Phi) is 4.84. The van der Waals surface area contributed by atoms with Crippen molar-refractivity contribution in [3.8, 4) is 0 Å². The minimum absolute atomic E-state index is 0.191. The van der Waals surface area contributed by atoms with Gasteiger partial charge in [-0.2, -0.15) is 4.31 Å². The van der Waals surface area contributed by atoms with Gasteiger partial charge in [-0.05, 0) is 45.7 Å². The van der Waals surface area contributed by atoms with E-state index in [0.29, 0.717) is 5.75 Å². The van der Waals surface area contributed by atoms with Crippen LogP contribution in [-0.2, 0) is 16.6 Å². The van der Waals surface area contributed by atoms with Gasteiger partial charge in [-0.25, -0.2) is 13.4 Å². The van der Waals surface area contributed by atoms with Gasteiger partial charge < -0.3 is 9.47 Å². The van der Waals surface area contributed by atoms with E-state index in [1.54, 1.807) is 4.31 Å². The van der Waals surface area contributed by atoms with Gasteiger partial charge in [0.1, 0.15) is 5.82 Å². The van der Waals surface area contributed by atoms with E-state index in [0.717, 1.165) is 64.2 Å². The number of hydrogen-bond acceptors (Lipinski definition) is 4. The van der Waals surface area contributed by atoms with Crippen LogP contribution in [0.2, 0.25) is 0 Å². The highest BCUT2D eigenvalue weighted by Crippen LogP contribution is 2.23. The molecule has 1 unspecified atom stereocenters. The van der Waals surface area contributed by atoms with Gasteiger partial charge in [0, 0.05) is 38.1 Å². The molecular weight excluding hydrogens is 300 g/mol. The molecule has 1 atom stereocenters. The van der Waals surface area contributed by atoms with Crippen molar-refractivity contribution in [1.29, 1.82) is 0 Å². The lowest BCUT2D eigenvalue weighted by molar-refractivity contribution is 0.149. The zero-order valence-electron chi connectivity index (χ0n) is 13.3. The molecule has 0 radical (unpaired) electrons. The van der Waals surface area contributed by atoms with Crippen LogP contribution >= 0.6 is 0 Å². The minimum Gasteiger partial charge on any atom is -0.335 e. The average Bonchev–Trinajstić information content (AvgIpc) is 3.05. The van der Waals surface area contributed by atoms with Crippen LogP contribution in [0.15, 0.2) is 12.4 Å². The lowest BCUT2D eigenvalue weighted by atomic mass is 10.1. The van der Waals surface area contributed by atoms with Crippen LogP contribution in [0.4, 0.5) is 0 Å². The minimum atomic E-state index is -2.98. The van der Waals surface area contributed by atoms with Crippen LogP contribution in [-0.4, -0.2) is 65.1 Å². The first-order chi connectivity index (χ1) is 10.6. The summed E-state index contributed by atoms with van der Waals surface area (Å²) in [6.07, 6.45) is 7.84. The maximum Gasteiger partial charge on any atom is 0.214 e. The summed E-state index contributed by atoms with van der Waals surface area (Å²) in [7, 11) is -2.98. The number of rotatable bonds is 5. The zero-order chi connectivity index (χ0) is 15.6. The molecule has 0 bridgehead atoms. The number of nitrogens with zero attached hydrogens (tertiary/aromatic N) is 4. The Morgan fingerprint density at radius 3 is 2.82 bits per heavy atom. The number of likely N-dealkylation sites (tertiary alicyclic amines) is 1. The maximum atomic E-state index is 12.1. The second-order valence-electron chi connectivity index (χ2n) is 6.40. The number of imidazole rings is 1. The van der Waals surface area contributed by atoms with Gasteiger partial charge in [0.2, 0.25) is 10.0 Å². The van der Waals surface area contributed by atoms with Crippen molar-refractivity contribution in [2.45, 2.75) is 45.2 Å². The maximum absolute atomic E-state index is 12.1. The van der Waals surface area contributed by atoms with Crippen LogP contribution in [0.5, 0.6) is 0 Å². The molecule has 1 aromatic rings. The van der Waals surface area contributed by atoms with Crippen molar-refractivity contribution in [2.24, 2.45) is 0 Å². The first-order valence-corrected chi connectivity index (χ1v) is 9.87. The third-order valence-corrected chi connectivity index (χ3v) is 6.82. The summed E-state index contributed by atoms with van der Waals surface area (Å²) in [5.41, 5.74) is 0. The van der Waals surface area contributed by atoms with Crippen molar-refractivity contribution in [3.05, 3.63) is 18.2 Å². The van der Waals surface area contributed by atoms with E-state index in [4.69, 9.17) is 0 Å². The van der Waals surface area contributed by atoms with Crippen molar-refractivity contribution in [3.63, 3.8) is 0 Å². The lowest BCUT2D eigenvalue weighted by Gasteiger charge is -2.36. The highest BCUT2D eigenvalue weighted by molar-refractivity contribution is 7.89. The number of piperidine rings is 1. The summed E-state index contributed by atoms with van der Waals surface area (Å²) < 4.78 is 28.1. The van der Waals surface area contributed by atoms with E-state index < -0.39 is 10.0 Å². The number of sulfonamides is 1. The summed E-state index contributed by atoms with van der Waals surface area (Å²) in [6, 6.07) is 0.191. The molecule has 22 heavy (non-hydrogen) atoms. The predicted octanol–water partition coefficient (Wildman–Crippen LogP) is 1.08. The highest BCUT2D eigenvalue weighted by atomic mass is 32.2. The topological polar surface area (TPSA) is 58.4 Å². The average molecular weight is 326 g/mol. The van der Waals surface area contributed by atoms with Gasteiger partial charge >= 0.3 is 0 Å². The van der Waals surface area contributed by atoms with E-state index in [2.05, 4.69) is 14.5 Å². The molecule has 0 spiro atoms. The van der Waals surface area contributed by atoms with E-state index in [-0.39, 0.29) is 6.04 Å². The van der Waals surface area contributed by atoms with Gasteiger partial charge in [0.05, 0.1) is 5.75 Å². The van der Waals surface area contributed by atoms with Crippen molar-refractivity contribution in [1.82, 2.24) is 18.8 Å². The Balaban J connectivity index is 1.50. The fourth-order valence-electron chi connectivity index (χ4n) is 3.64. The van der Waals surface area contributed by atoms with Crippen molar-refractivity contribution < 1.29 is 8.42 Å². The van der Waals surface area contributed by atoms with E-state index in [1.807, 2.05) is 19.3 Å². The highest BCUT2D eigenvalue weighted by Gasteiger charge is 2.36. The molecule has 0 N–H and O–H groups in total. The molecule has 3 rings (SSSR count). The van der Waals surface area contributed by atoms with Crippen molar-refractivity contribution in [2.75, 3.05) is 31.9 Å². The quantitative estimate of drug-likeness (QED) is 0.812. The Bertz CT molecular complexity index is 598. The molecule has 6 nitrogen and oxygen atoms in total. The largest absolute Gasteiger partial charge is 0.335 e. The standard InChI is InChI=1S/C15H26N4O2S/c1-14-16-6-11-18(14)9-3-8-17-7-2-5-15(13-17)19-10-4-12-22(19,20)21/h6,11,15H,2-5,7-10,12-13H2,1H3. The third kappa shape index (κ3) is 3.52.